The van der Waals surface area contributed by atoms with Crippen LogP contribution in [0.3, 0.4) is 0 Å². The van der Waals surface area contributed by atoms with E-state index < -0.39 is 11.9 Å². The van der Waals surface area contributed by atoms with Gasteiger partial charge in [0.05, 0.1) is 17.4 Å². The average Bonchev–Trinajstić information content (AvgIpc) is 3.89. The smallest absolute Gasteiger partial charge is 0.263 e. The van der Waals surface area contributed by atoms with Gasteiger partial charge in [-0.05, 0) is 87.1 Å². The summed E-state index contributed by atoms with van der Waals surface area (Å²) >= 11 is 1.72. The summed E-state index contributed by atoms with van der Waals surface area (Å²) in [5.41, 5.74) is 3.61. The molecule has 3 aliphatic heterocycles. The van der Waals surface area contributed by atoms with Crippen LogP contribution in [0.4, 0.5) is 17.5 Å². The molecule has 1 aromatic carbocycles. The predicted octanol–water partition coefficient (Wildman–Crippen LogP) is 5.71. The van der Waals surface area contributed by atoms with E-state index in [2.05, 4.69) is 25.5 Å². The molecule has 3 fully saturated rings. The van der Waals surface area contributed by atoms with E-state index in [1.165, 1.54) is 6.92 Å². The minimum atomic E-state index is -0.618. The lowest BCUT2D eigenvalue weighted by Gasteiger charge is -2.36. The molecule has 1 saturated carbocycles. The first kappa shape index (κ1) is 41.1. The lowest BCUT2D eigenvalue weighted by atomic mass is 10.0. The molecule has 1 atom stereocenters. The van der Waals surface area contributed by atoms with Crippen LogP contribution in [0.5, 0.6) is 0 Å². The number of unbranched alkanes of at least 4 members (excludes halogenated alkanes) is 3. The lowest BCUT2D eigenvalue weighted by molar-refractivity contribution is -0.137. The van der Waals surface area contributed by atoms with Crippen molar-refractivity contribution in [1.82, 2.24) is 34.6 Å². The monoisotopic (exact) mass is 833 g/mol. The lowest BCUT2D eigenvalue weighted by Crippen LogP contribution is -2.52. The molecule has 60 heavy (non-hydrogen) atoms. The number of nitrogens with zero attached hydrogens (tertiary/aromatic N) is 7. The van der Waals surface area contributed by atoms with Crippen molar-refractivity contribution in [2.45, 2.75) is 108 Å². The summed E-state index contributed by atoms with van der Waals surface area (Å²) in [4.78, 5) is 97.0. The Morgan fingerprint density at radius 1 is 0.917 bits per heavy atom. The predicted molar refractivity (Wildman–Crippen MR) is 229 cm³/mol. The number of piperidine rings is 1. The normalized spacial score (nSPS) is 18.3. The highest BCUT2D eigenvalue weighted by Crippen LogP contribution is 2.35. The van der Waals surface area contributed by atoms with Crippen molar-refractivity contribution in [1.29, 1.82) is 0 Å². The van der Waals surface area contributed by atoms with Crippen LogP contribution in [0.1, 0.15) is 115 Å². The van der Waals surface area contributed by atoms with Crippen LogP contribution in [0, 0.1) is 6.92 Å². The number of hydrogen-bond donors (Lipinski definition) is 2. The van der Waals surface area contributed by atoms with Gasteiger partial charge >= 0.3 is 0 Å². The Labute approximate surface area is 352 Å². The van der Waals surface area contributed by atoms with Gasteiger partial charge in [-0.25, -0.2) is 9.97 Å². The first-order chi connectivity index (χ1) is 29.1. The SMILES string of the molecule is CC(=O)c1c(C)c2cnc(Nc3ccc(N4CCN(C(=O)CCCCCCSc5cccc6c5CN(C5CCC(=O)NC5=O)C6=O)CC4)cn3)nc2n(C2CCCC2)c1=O. The maximum Gasteiger partial charge on any atom is 0.263 e. The summed E-state index contributed by atoms with van der Waals surface area (Å²) in [6.07, 6.45) is 12.2. The van der Waals surface area contributed by atoms with Gasteiger partial charge in [0.25, 0.3) is 11.5 Å². The van der Waals surface area contributed by atoms with Crippen LogP contribution in [0.25, 0.3) is 11.0 Å². The Hall–Kier alpha value is -5.64. The molecule has 0 spiro atoms. The quantitative estimate of drug-likeness (QED) is 0.0686. The van der Waals surface area contributed by atoms with Crippen molar-refractivity contribution in [2.24, 2.45) is 0 Å². The Balaban J connectivity index is 0.765. The number of imide groups is 1. The summed E-state index contributed by atoms with van der Waals surface area (Å²) in [5.74, 6) is 0.878. The minimum Gasteiger partial charge on any atom is -0.367 e. The Bertz CT molecular complexity index is 2390. The van der Waals surface area contributed by atoms with Gasteiger partial charge in [-0.1, -0.05) is 31.7 Å². The van der Waals surface area contributed by atoms with Gasteiger partial charge in [-0.3, -0.25) is 38.7 Å². The largest absolute Gasteiger partial charge is 0.367 e. The maximum absolute atomic E-state index is 13.6. The number of rotatable bonds is 14. The molecule has 8 rings (SSSR count). The zero-order chi connectivity index (χ0) is 41.9. The van der Waals surface area contributed by atoms with Crippen LogP contribution >= 0.6 is 11.8 Å². The zero-order valence-electron chi connectivity index (χ0n) is 34.2. The van der Waals surface area contributed by atoms with Gasteiger partial charge in [0.2, 0.25) is 23.7 Å². The standard InChI is InChI=1S/C44H51N9O6S/c1-27-32-25-46-44(49-40(32)53(29-10-6-7-11-29)43(59)39(27)28(2)54)47-36-17-15-30(24-45-36)50-19-21-51(22-20-50)38(56)14-5-3-4-8-23-60-35-13-9-12-31-33(35)26-52(42(31)58)34-16-18-37(55)48-41(34)57/h9,12-13,15,17,24-25,29,34H,3-8,10-11,14,16,18-23,26H2,1-2H3,(H,48,55,57)(H,45,46,47,49). The number of piperazine rings is 1. The molecular formula is C44H51N9O6S. The van der Waals surface area contributed by atoms with Gasteiger partial charge in [0.15, 0.2) is 5.78 Å². The fourth-order valence-corrected chi connectivity index (χ4v) is 10.1. The van der Waals surface area contributed by atoms with Crippen LogP contribution in [-0.2, 0) is 20.9 Å². The van der Waals surface area contributed by atoms with Crippen LogP contribution in [-0.4, -0.2) is 96.7 Å². The van der Waals surface area contributed by atoms with Crippen molar-refractivity contribution >= 4 is 69.7 Å². The number of carbonyl (C=O) groups is 5. The summed E-state index contributed by atoms with van der Waals surface area (Å²) in [7, 11) is 0. The second-order valence-corrected chi connectivity index (χ2v) is 17.3. The second kappa shape index (κ2) is 17.9. The number of thioether (sulfide) groups is 1. The number of anilines is 3. The van der Waals surface area contributed by atoms with Crippen LogP contribution in [0.15, 0.2) is 52.4 Å². The third kappa shape index (κ3) is 8.51. The molecule has 1 unspecified atom stereocenters. The fraction of sp³-hybridized carbons (Fsp3) is 0.477. The number of ketones is 1. The van der Waals surface area contributed by atoms with Crippen molar-refractivity contribution in [3.8, 4) is 0 Å². The van der Waals surface area contributed by atoms with E-state index >= 15 is 0 Å². The number of aryl methyl sites for hydroxylation is 1. The number of nitrogens with one attached hydrogen (secondary N) is 2. The molecule has 314 valence electrons. The number of benzene rings is 1. The summed E-state index contributed by atoms with van der Waals surface area (Å²) in [5, 5.41) is 6.24. The molecular weight excluding hydrogens is 783 g/mol. The van der Waals surface area contributed by atoms with Crippen molar-refractivity contribution in [3.63, 3.8) is 0 Å². The van der Waals surface area contributed by atoms with Crippen molar-refractivity contribution in [2.75, 3.05) is 42.1 Å². The molecule has 4 aromatic rings. The van der Waals surface area contributed by atoms with E-state index in [-0.39, 0.29) is 47.1 Å². The molecule has 15 nitrogen and oxygen atoms in total. The second-order valence-electron chi connectivity index (χ2n) is 16.2. The van der Waals surface area contributed by atoms with E-state index in [4.69, 9.17) is 4.98 Å². The van der Waals surface area contributed by atoms with E-state index in [0.717, 1.165) is 73.3 Å². The first-order valence-electron chi connectivity index (χ1n) is 21.2. The van der Waals surface area contributed by atoms with Gasteiger partial charge in [0, 0.05) is 73.6 Å². The van der Waals surface area contributed by atoms with Crippen molar-refractivity contribution < 1.29 is 24.0 Å². The van der Waals surface area contributed by atoms with Gasteiger partial charge in [-0.15, -0.1) is 11.8 Å². The highest BCUT2D eigenvalue weighted by Gasteiger charge is 2.40. The van der Waals surface area contributed by atoms with E-state index in [0.29, 0.717) is 79.5 Å². The number of pyridine rings is 2. The molecule has 6 heterocycles. The zero-order valence-corrected chi connectivity index (χ0v) is 35.0. The number of Topliss-reactive ketones (excluding diaryl/α,β-unsaturated/α-hetero) is 1. The summed E-state index contributed by atoms with van der Waals surface area (Å²) in [6, 6.07) is 8.97. The molecule has 2 saturated heterocycles. The van der Waals surface area contributed by atoms with Crippen LogP contribution in [0.2, 0.25) is 0 Å². The Morgan fingerprint density at radius 3 is 2.43 bits per heavy atom. The third-order valence-electron chi connectivity index (χ3n) is 12.3. The van der Waals surface area contributed by atoms with Gasteiger partial charge in [0.1, 0.15) is 17.5 Å². The summed E-state index contributed by atoms with van der Waals surface area (Å²) in [6.45, 7) is 6.32. The van der Waals surface area contributed by atoms with E-state index in [1.807, 2.05) is 35.2 Å². The number of carbonyl (C=O) groups excluding carboxylic acids is 5. The topological polar surface area (TPSA) is 180 Å². The molecule has 3 aromatic heterocycles. The molecule has 16 heteroatoms. The number of fused-ring (bicyclic) bond motifs is 2. The summed E-state index contributed by atoms with van der Waals surface area (Å²) < 4.78 is 1.70. The highest BCUT2D eigenvalue weighted by atomic mass is 32.2. The average molecular weight is 834 g/mol. The first-order valence-corrected chi connectivity index (χ1v) is 22.1. The number of hydrogen-bond acceptors (Lipinski definition) is 12. The molecule has 2 N–H and O–H groups in total. The fourth-order valence-electron chi connectivity index (χ4n) is 9.05. The van der Waals surface area contributed by atoms with Crippen molar-refractivity contribution in [3.05, 3.63) is 75.3 Å². The maximum atomic E-state index is 13.6. The van der Waals surface area contributed by atoms with Gasteiger partial charge < -0.3 is 20.0 Å². The molecule has 0 radical (unpaired) electrons. The molecule has 4 amide bonds. The van der Waals surface area contributed by atoms with Crippen LogP contribution < -0.4 is 21.1 Å². The van der Waals surface area contributed by atoms with Gasteiger partial charge in [-0.2, -0.15) is 4.98 Å². The highest BCUT2D eigenvalue weighted by molar-refractivity contribution is 7.99. The third-order valence-corrected chi connectivity index (χ3v) is 13.5. The number of aromatic nitrogens is 4. The number of amides is 4. The van der Waals surface area contributed by atoms with E-state index in [9.17, 15) is 28.8 Å². The Morgan fingerprint density at radius 2 is 1.70 bits per heavy atom. The molecule has 0 bridgehead atoms. The molecule has 1 aliphatic carbocycles. The van der Waals surface area contributed by atoms with E-state index in [1.54, 1.807) is 40.5 Å². The minimum absolute atomic E-state index is 0.00119. The molecule has 4 aliphatic rings. The Kier molecular flexibility index (Phi) is 12.3.